The van der Waals surface area contributed by atoms with Crippen LogP contribution < -0.4 is 5.32 Å². The fraction of sp³-hybridized carbons (Fsp3) is 0.323. The van der Waals surface area contributed by atoms with E-state index >= 15 is 0 Å². The summed E-state index contributed by atoms with van der Waals surface area (Å²) in [4.78, 5) is 30.8. The van der Waals surface area contributed by atoms with Crippen molar-refractivity contribution >= 4 is 28.4 Å². The molecule has 1 aromatic heterocycles. The molecule has 0 radical (unpaired) electrons. The van der Waals surface area contributed by atoms with Crippen molar-refractivity contribution in [3.05, 3.63) is 83.7 Å². The van der Waals surface area contributed by atoms with Crippen molar-refractivity contribution in [1.29, 1.82) is 0 Å². The number of nitrogens with zero attached hydrogens (tertiary/aromatic N) is 3. The van der Waals surface area contributed by atoms with E-state index in [9.17, 15) is 14.0 Å². The Labute approximate surface area is 232 Å². The molecule has 2 N–H and O–H groups in total. The summed E-state index contributed by atoms with van der Waals surface area (Å²) in [5.41, 5.74) is 4.66. The molecule has 1 unspecified atom stereocenters. The molecule has 4 aromatic rings. The number of carbonyl (C=O) groups excluding carboxylic acids is 2. The van der Waals surface area contributed by atoms with E-state index in [4.69, 9.17) is 4.74 Å². The number of ether oxygens (including phenoxy) is 1. The zero-order valence-electron chi connectivity index (χ0n) is 22.5. The van der Waals surface area contributed by atoms with Crippen LogP contribution in [0.1, 0.15) is 17.5 Å². The van der Waals surface area contributed by atoms with Crippen LogP contribution in [0.4, 0.5) is 10.1 Å². The first-order chi connectivity index (χ1) is 19.4. The Balaban J connectivity index is 1.14. The van der Waals surface area contributed by atoms with E-state index < -0.39 is 5.41 Å². The van der Waals surface area contributed by atoms with E-state index in [0.29, 0.717) is 44.0 Å². The van der Waals surface area contributed by atoms with Crippen molar-refractivity contribution in [1.82, 2.24) is 20.0 Å². The standard InChI is InChI=1S/C31H32FN5O3/c1-40-20-31(13-15-36(19-31)18-28(38)37-14-12-21-4-2-3-5-23(21)17-37)30(39)33-25-10-11-27-26(16-25)29(35-34-27)22-6-8-24(32)9-7-22/h2-11,16H,12-15,17-20H2,1H3,(H,33,39)(H,34,35). The summed E-state index contributed by atoms with van der Waals surface area (Å²) in [5, 5.41) is 11.3. The number of nitrogens with one attached hydrogen (secondary N) is 2. The van der Waals surface area contributed by atoms with Gasteiger partial charge in [-0.1, -0.05) is 24.3 Å². The Morgan fingerprint density at radius 2 is 1.88 bits per heavy atom. The second-order valence-electron chi connectivity index (χ2n) is 10.8. The molecule has 206 valence electrons. The number of hydrogen-bond acceptors (Lipinski definition) is 5. The van der Waals surface area contributed by atoms with Gasteiger partial charge in [-0.15, -0.1) is 0 Å². The maximum absolute atomic E-state index is 13.7. The summed E-state index contributed by atoms with van der Waals surface area (Å²) < 4.78 is 18.9. The smallest absolute Gasteiger partial charge is 0.237 e. The Bertz CT molecular complexity index is 1550. The Morgan fingerprint density at radius 1 is 1.07 bits per heavy atom. The number of aromatic amines is 1. The summed E-state index contributed by atoms with van der Waals surface area (Å²) in [6, 6.07) is 20.0. The number of benzene rings is 3. The van der Waals surface area contributed by atoms with Crippen LogP contribution in [0.5, 0.6) is 0 Å². The average Bonchev–Trinajstić information content (AvgIpc) is 3.58. The minimum Gasteiger partial charge on any atom is -0.384 e. The zero-order valence-corrected chi connectivity index (χ0v) is 22.5. The molecule has 40 heavy (non-hydrogen) atoms. The van der Waals surface area contributed by atoms with E-state index in [1.165, 1.54) is 23.3 Å². The quantitative estimate of drug-likeness (QED) is 0.366. The molecule has 2 amide bonds. The predicted octanol–water partition coefficient (Wildman–Crippen LogP) is 4.23. The van der Waals surface area contributed by atoms with E-state index in [1.807, 2.05) is 35.2 Å². The van der Waals surface area contributed by atoms with Crippen molar-refractivity contribution < 1.29 is 18.7 Å². The fourth-order valence-electron chi connectivity index (χ4n) is 5.92. The number of amides is 2. The van der Waals surface area contributed by atoms with Gasteiger partial charge in [-0.2, -0.15) is 5.10 Å². The number of aromatic nitrogens is 2. The van der Waals surface area contributed by atoms with E-state index in [2.05, 4.69) is 32.5 Å². The third-order valence-corrected chi connectivity index (χ3v) is 8.12. The van der Waals surface area contributed by atoms with Gasteiger partial charge in [-0.25, -0.2) is 4.39 Å². The highest BCUT2D eigenvalue weighted by Crippen LogP contribution is 2.34. The van der Waals surface area contributed by atoms with Gasteiger partial charge in [0.2, 0.25) is 11.8 Å². The molecule has 6 rings (SSSR count). The first-order valence-electron chi connectivity index (χ1n) is 13.6. The Kier molecular flexibility index (Phi) is 7.08. The highest BCUT2D eigenvalue weighted by molar-refractivity contribution is 6.00. The SMILES string of the molecule is COCC1(C(=O)Nc2ccc3[nH]nc(-c4ccc(F)cc4)c3c2)CCN(CC(=O)N2CCc3ccccc3C2)C1. The largest absolute Gasteiger partial charge is 0.384 e. The zero-order chi connectivity index (χ0) is 27.7. The number of fused-ring (bicyclic) bond motifs is 2. The highest BCUT2D eigenvalue weighted by Gasteiger charge is 2.45. The number of anilines is 1. The number of hydrogen-bond donors (Lipinski definition) is 2. The summed E-state index contributed by atoms with van der Waals surface area (Å²) in [6.45, 7) is 2.96. The van der Waals surface area contributed by atoms with Gasteiger partial charge in [0, 0.05) is 43.4 Å². The van der Waals surface area contributed by atoms with Crippen LogP contribution in [-0.2, 0) is 27.3 Å². The molecule has 9 heteroatoms. The van der Waals surface area contributed by atoms with Crippen LogP contribution in [0.15, 0.2) is 66.7 Å². The molecule has 2 aliphatic rings. The molecule has 0 saturated carbocycles. The van der Waals surface area contributed by atoms with E-state index in [-0.39, 0.29) is 30.8 Å². The second-order valence-corrected chi connectivity index (χ2v) is 10.8. The molecule has 0 bridgehead atoms. The van der Waals surface area contributed by atoms with Crippen LogP contribution in [0, 0.1) is 11.2 Å². The molecule has 1 saturated heterocycles. The number of methoxy groups -OCH3 is 1. The van der Waals surface area contributed by atoms with Crippen LogP contribution >= 0.6 is 0 Å². The number of likely N-dealkylation sites (tertiary alicyclic amines) is 1. The first kappa shape index (κ1) is 26.2. The molecule has 0 aliphatic carbocycles. The lowest BCUT2D eigenvalue weighted by Gasteiger charge is -2.31. The number of halogens is 1. The maximum Gasteiger partial charge on any atom is 0.237 e. The molecular formula is C31H32FN5O3. The lowest BCUT2D eigenvalue weighted by Crippen LogP contribution is -2.45. The van der Waals surface area contributed by atoms with Gasteiger partial charge in [-0.3, -0.25) is 19.6 Å². The van der Waals surface area contributed by atoms with Crippen molar-refractivity contribution in [2.75, 3.05) is 45.2 Å². The van der Waals surface area contributed by atoms with Gasteiger partial charge < -0.3 is 15.0 Å². The molecular weight excluding hydrogens is 509 g/mol. The number of H-pyrrole nitrogens is 1. The fourth-order valence-corrected chi connectivity index (χ4v) is 5.92. The van der Waals surface area contributed by atoms with Crippen molar-refractivity contribution in [3.63, 3.8) is 0 Å². The monoisotopic (exact) mass is 541 g/mol. The van der Waals surface area contributed by atoms with E-state index in [0.717, 1.165) is 22.9 Å². The third-order valence-electron chi connectivity index (χ3n) is 8.12. The van der Waals surface area contributed by atoms with Crippen molar-refractivity contribution in [2.45, 2.75) is 19.4 Å². The van der Waals surface area contributed by atoms with Gasteiger partial charge >= 0.3 is 0 Å². The number of rotatable bonds is 7. The lowest BCUT2D eigenvalue weighted by atomic mass is 9.87. The van der Waals surface area contributed by atoms with Crippen molar-refractivity contribution in [2.24, 2.45) is 5.41 Å². The average molecular weight is 542 g/mol. The molecule has 2 aliphatic heterocycles. The molecule has 1 fully saturated rings. The lowest BCUT2D eigenvalue weighted by molar-refractivity contribution is -0.134. The summed E-state index contributed by atoms with van der Waals surface area (Å²) in [5.74, 6) is -0.363. The van der Waals surface area contributed by atoms with Gasteiger partial charge in [0.1, 0.15) is 5.82 Å². The van der Waals surface area contributed by atoms with Gasteiger partial charge in [0.15, 0.2) is 0 Å². The van der Waals surface area contributed by atoms with Gasteiger partial charge in [0.25, 0.3) is 0 Å². The minimum atomic E-state index is -0.769. The molecule has 8 nitrogen and oxygen atoms in total. The summed E-state index contributed by atoms with van der Waals surface area (Å²) in [6.07, 6.45) is 1.46. The summed E-state index contributed by atoms with van der Waals surface area (Å²) >= 11 is 0. The number of carbonyl (C=O) groups is 2. The second kappa shape index (κ2) is 10.8. The maximum atomic E-state index is 13.7. The Hall–Kier alpha value is -4.08. The van der Waals surface area contributed by atoms with Gasteiger partial charge in [-0.05, 0) is 73.0 Å². The highest BCUT2D eigenvalue weighted by atomic mass is 19.1. The van der Waals surface area contributed by atoms with Crippen LogP contribution in [0.2, 0.25) is 0 Å². The molecule has 1 atom stereocenters. The first-order valence-corrected chi connectivity index (χ1v) is 13.6. The van der Waals surface area contributed by atoms with Crippen molar-refractivity contribution in [3.8, 4) is 11.3 Å². The molecule has 3 heterocycles. The topological polar surface area (TPSA) is 90.6 Å². The van der Waals surface area contributed by atoms with Crippen LogP contribution in [0.3, 0.4) is 0 Å². The summed E-state index contributed by atoms with van der Waals surface area (Å²) in [7, 11) is 1.60. The normalized spacial score (nSPS) is 19.1. The third kappa shape index (κ3) is 5.10. The molecule has 3 aromatic carbocycles. The Morgan fingerprint density at radius 3 is 2.67 bits per heavy atom. The predicted molar refractivity (Wildman–Crippen MR) is 151 cm³/mol. The van der Waals surface area contributed by atoms with Crippen LogP contribution in [0.25, 0.3) is 22.2 Å². The van der Waals surface area contributed by atoms with Crippen LogP contribution in [-0.4, -0.2) is 71.7 Å². The molecule has 0 spiro atoms. The van der Waals surface area contributed by atoms with Gasteiger partial charge in [0.05, 0.1) is 29.8 Å². The van der Waals surface area contributed by atoms with E-state index in [1.54, 1.807) is 19.2 Å². The minimum absolute atomic E-state index is 0.0851.